The minimum atomic E-state index is -0.508. The second-order valence-corrected chi connectivity index (χ2v) is 6.73. The molecule has 1 amide bonds. The van der Waals surface area contributed by atoms with E-state index in [2.05, 4.69) is 5.32 Å². The number of benzene rings is 1. The minimum Gasteiger partial charge on any atom is -0.485 e. The Morgan fingerprint density at radius 1 is 1.12 bits per heavy atom. The van der Waals surface area contributed by atoms with Gasteiger partial charge in [0.05, 0.1) is 0 Å². The van der Waals surface area contributed by atoms with Gasteiger partial charge in [-0.25, -0.2) is 0 Å². The zero-order valence-electron chi connectivity index (χ0n) is 13.8. The van der Waals surface area contributed by atoms with Crippen molar-refractivity contribution >= 4 is 18.3 Å². The Morgan fingerprint density at radius 2 is 1.88 bits per heavy atom. The maximum absolute atomic E-state index is 12.7. The second kappa shape index (κ2) is 7.62. The quantitative estimate of drug-likeness (QED) is 0.887. The molecule has 3 heterocycles. The van der Waals surface area contributed by atoms with Crippen molar-refractivity contribution in [3.63, 3.8) is 0 Å². The summed E-state index contributed by atoms with van der Waals surface area (Å²) in [5.41, 5.74) is 0. The molecule has 5 nitrogen and oxygen atoms in total. The molecule has 1 aromatic carbocycles. The van der Waals surface area contributed by atoms with Crippen molar-refractivity contribution in [1.82, 2.24) is 10.2 Å². The lowest BCUT2D eigenvalue weighted by Crippen LogP contribution is -2.50. The standard InChI is InChI=1S/C18H24N2O3.ClH/c21-18(17-12-22-15-5-1-2-6-16(15)23-17)20-10-7-13(8-11-20)14-4-3-9-19-14;/h1-2,5-6,13-14,17,19H,3-4,7-12H2;1H. The van der Waals surface area contributed by atoms with E-state index in [1.807, 2.05) is 29.2 Å². The van der Waals surface area contributed by atoms with E-state index in [-0.39, 0.29) is 18.3 Å². The summed E-state index contributed by atoms with van der Waals surface area (Å²) in [6.07, 6.45) is 4.25. The number of hydrogen-bond donors (Lipinski definition) is 1. The highest BCUT2D eigenvalue weighted by molar-refractivity contribution is 5.85. The maximum atomic E-state index is 12.7. The van der Waals surface area contributed by atoms with Gasteiger partial charge >= 0.3 is 0 Å². The molecule has 24 heavy (non-hydrogen) atoms. The zero-order valence-corrected chi connectivity index (χ0v) is 14.6. The van der Waals surface area contributed by atoms with Gasteiger partial charge in [-0.2, -0.15) is 0 Å². The topological polar surface area (TPSA) is 50.8 Å². The summed E-state index contributed by atoms with van der Waals surface area (Å²) < 4.78 is 11.5. The number of nitrogens with one attached hydrogen (secondary N) is 1. The molecule has 0 aromatic heterocycles. The third-order valence-corrected chi connectivity index (χ3v) is 5.30. The van der Waals surface area contributed by atoms with E-state index < -0.39 is 6.10 Å². The van der Waals surface area contributed by atoms with E-state index >= 15 is 0 Å². The molecule has 2 fully saturated rings. The molecule has 2 saturated heterocycles. The highest BCUT2D eigenvalue weighted by Crippen LogP contribution is 2.32. The lowest BCUT2D eigenvalue weighted by molar-refractivity contribution is -0.142. The summed E-state index contributed by atoms with van der Waals surface area (Å²) >= 11 is 0. The average Bonchev–Trinajstić information content (AvgIpc) is 3.15. The minimum absolute atomic E-state index is 0. The summed E-state index contributed by atoms with van der Waals surface area (Å²) in [6.45, 7) is 3.13. The second-order valence-electron chi connectivity index (χ2n) is 6.73. The maximum Gasteiger partial charge on any atom is 0.267 e. The molecule has 2 atom stereocenters. The first-order valence-electron chi connectivity index (χ1n) is 8.72. The number of likely N-dealkylation sites (tertiary alicyclic amines) is 1. The number of nitrogens with zero attached hydrogens (tertiary/aromatic N) is 1. The predicted molar refractivity (Wildman–Crippen MR) is 93.9 cm³/mol. The van der Waals surface area contributed by atoms with Crippen LogP contribution in [0.15, 0.2) is 24.3 Å². The van der Waals surface area contributed by atoms with Crippen LogP contribution in [0.4, 0.5) is 0 Å². The van der Waals surface area contributed by atoms with E-state index in [4.69, 9.17) is 9.47 Å². The Bertz CT molecular complexity index is 569. The Hall–Kier alpha value is -1.46. The zero-order chi connectivity index (χ0) is 15.6. The summed E-state index contributed by atoms with van der Waals surface area (Å²) in [5, 5.41) is 3.60. The molecule has 132 valence electrons. The molecule has 1 aromatic rings. The predicted octanol–water partition coefficient (Wildman–Crippen LogP) is 2.24. The number of fused-ring (bicyclic) bond motifs is 1. The van der Waals surface area contributed by atoms with Crippen molar-refractivity contribution in [3.05, 3.63) is 24.3 Å². The molecular formula is C18H25ClN2O3. The van der Waals surface area contributed by atoms with Crippen molar-refractivity contribution < 1.29 is 14.3 Å². The van der Waals surface area contributed by atoms with Crippen LogP contribution in [-0.2, 0) is 4.79 Å². The number of carbonyl (C=O) groups is 1. The Kier molecular flexibility index (Phi) is 5.51. The van der Waals surface area contributed by atoms with E-state index in [0.29, 0.717) is 24.3 Å². The van der Waals surface area contributed by atoms with Crippen molar-refractivity contribution in [2.24, 2.45) is 5.92 Å². The van der Waals surface area contributed by atoms with Crippen LogP contribution in [0, 0.1) is 5.92 Å². The van der Waals surface area contributed by atoms with Crippen LogP contribution in [0.3, 0.4) is 0 Å². The van der Waals surface area contributed by atoms with Crippen LogP contribution in [0.1, 0.15) is 25.7 Å². The van der Waals surface area contributed by atoms with Crippen LogP contribution in [-0.4, -0.2) is 49.2 Å². The summed E-state index contributed by atoms with van der Waals surface area (Å²) in [5.74, 6) is 2.17. The summed E-state index contributed by atoms with van der Waals surface area (Å²) in [6, 6.07) is 8.19. The normalized spacial score (nSPS) is 26.8. The van der Waals surface area contributed by atoms with Gasteiger partial charge in [-0.05, 0) is 50.3 Å². The molecule has 0 bridgehead atoms. The third kappa shape index (κ3) is 3.47. The third-order valence-electron chi connectivity index (χ3n) is 5.30. The Labute approximate surface area is 149 Å². The monoisotopic (exact) mass is 352 g/mol. The van der Waals surface area contributed by atoms with Gasteiger partial charge in [0.2, 0.25) is 6.10 Å². The van der Waals surface area contributed by atoms with E-state index in [1.54, 1.807) is 0 Å². The van der Waals surface area contributed by atoms with Gasteiger partial charge < -0.3 is 19.7 Å². The number of rotatable bonds is 2. The molecule has 0 aliphatic carbocycles. The lowest BCUT2D eigenvalue weighted by atomic mass is 9.88. The molecule has 0 saturated carbocycles. The van der Waals surface area contributed by atoms with Crippen LogP contribution >= 0.6 is 12.4 Å². The highest BCUT2D eigenvalue weighted by atomic mass is 35.5. The largest absolute Gasteiger partial charge is 0.485 e. The van der Waals surface area contributed by atoms with Gasteiger partial charge in [0, 0.05) is 19.1 Å². The number of ether oxygens (including phenoxy) is 2. The van der Waals surface area contributed by atoms with Gasteiger partial charge in [0.25, 0.3) is 5.91 Å². The number of hydrogen-bond acceptors (Lipinski definition) is 4. The molecule has 0 spiro atoms. The van der Waals surface area contributed by atoms with Gasteiger partial charge in [-0.15, -0.1) is 12.4 Å². The van der Waals surface area contributed by atoms with Gasteiger partial charge in [-0.3, -0.25) is 4.79 Å². The molecule has 2 unspecified atom stereocenters. The smallest absolute Gasteiger partial charge is 0.267 e. The number of para-hydroxylation sites is 2. The van der Waals surface area contributed by atoms with Crippen molar-refractivity contribution in [2.75, 3.05) is 26.2 Å². The fourth-order valence-electron chi connectivity index (χ4n) is 3.98. The van der Waals surface area contributed by atoms with Gasteiger partial charge in [0.1, 0.15) is 6.61 Å². The van der Waals surface area contributed by atoms with E-state index in [0.717, 1.165) is 38.2 Å². The molecular weight excluding hydrogens is 328 g/mol. The Morgan fingerprint density at radius 3 is 2.58 bits per heavy atom. The van der Waals surface area contributed by atoms with Crippen molar-refractivity contribution in [3.8, 4) is 11.5 Å². The molecule has 4 rings (SSSR count). The molecule has 0 radical (unpaired) electrons. The SMILES string of the molecule is Cl.O=C(C1COc2ccccc2O1)N1CCC(C2CCCN2)CC1. The number of carbonyl (C=O) groups excluding carboxylic acids is 1. The van der Waals surface area contributed by atoms with E-state index in [9.17, 15) is 4.79 Å². The van der Waals surface area contributed by atoms with Crippen LogP contribution in [0.25, 0.3) is 0 Å². The van der Waals surface area contributed by atoms with Crippen LogP contribution < -0.4 is 14.8 Å². The highest BCUT2D eigenvalue weighted by Gasteiger charge is 2.35. The van der Waals surface area contributed by atoms with E-state index in [1.165, 1.54) is 12.8 Å². The fraction of sp³-hybridized carbons (Fsp3) is 0.611. The summed E-state index contributed by atoms with van der Waals surface area (Å²) in [4.78, 5) is 14.6. The number of piperidine rings is 1. The van der Waals surface area contributed by atoms with Crippen LogP contribution in [0.5, 0.6) is 11.5 Å². The van der Waals surface area contributed by atoms with Crippen molar-refractivity contribution in [1.29, 1.82) is 0 Å². The Balaban J connectivity index is 0.00000169. The first-order valence-corrected chi connectivity index (χ1v) is 8.72. The van der Waals surface area contributed by atoms with Gasteiger partial charge in [0.15, 0.2) is 11.5 Å². The van der Waals surface area contributed by atoms with Crippen LogP contribution in [0.2, 0.25) is 0 Å². The molecule has 1 N–H and O–H groups in total. The fourth-order valence-corrected chi connectivity index (χ4v) is 3.98. The molecule has 3 aliphatic rings. The summed E-state index contributed by atoms with van der Waals surface area (Å²) in [7, 11) is 0. The molecule has 6 heteroatoms. The number of amides is 1. The van der Waals surface area contributed by atoms with Crippen molar-refractivity contribution in [2.45, 2.75) is 37.8 Å². The first-order chi connectivity index (χ1) is 11.3. The lowest BCUT2D eigenvalue weighted by Gasteiger charge is -2.37. The number of halogens is 1. The average molecular weight is 353 g/mol. The first kappa shape index (κ1) is 17.4. The molecule has 3 aliphatic heterocycles. The van der Waals surface area contributed by atoms with Gasteiger partial charge in [-0.1, -0.05) is 12.1 Å².